The molecule has 2 nitrogen and oxygen atoms in total. The zero-order valence-electron chi connectivity index (χ0n) is 7.51. The van der Waals surface area contributed by atoms with Crippen LogP contribution in [0, 0.1) is 0 Å². The second-order valence-corrected chi connectivity index (χ2v) is 3.65. The number of fused-ring (bicyclic) bond motifs is 3. The molecule has 2 heterocycles. The molecule has 1 aliphatic carbocycles. The molecule has 0 fully saturated rings. The Labute approximate surface area is 77.4 Å². The predicted molar refractivity (Wildman–Crippen MR) is 53.2 cm³/mol. The first-order valence-corrected chi connectivity index (χ1v) is 4.80. The summed E-state index contributed by atoms with van der Waals surface area (Å²) in [5.41, 5.74) is 5.80. The SMILES string of the molecule is C1=CCc2c([nH]c3c2CC=NC3)C1. The topological polar surface area (TPSA) is 28.1 Å². The van der Waals surface area contributed by atoms with Crippen LogP contribution in [0.25, 0.3) is 0 Å². The number of aliphatic imine (C=N–C) groups is 1. The smallest absolute Gasteiger partial charge is 0.0788 e. The van der Waals surface area contributed by atoms with Crippen LogP contribution in [-0.2, 0) is 25.8 Å². The van der Waals surface area contributed by atoms with Crippen molar-refractivity contribution in [3.8, 4) is 0 Å². The number of allylic oxidation sites excluding steroid dienone is 2. The Morgan fingerprint density at radius 2 is 1.85 bits per heavy atom. The maximum atomic E-state index is 4.29. The molecule has 13 heavy (non-hydrogen) atoms. The molecule has 0 radical (unpaired) electrons. The fraction of sp³-hybridized carbons (Fsp3) is 0.364. The summed E-state index contributed by atoms with van der Waals surface area (Å²) in [4.78, 5) is 7.77. The van der Waals surface area contributed by atoms with Crippen molar-refractivity contribution in [2.75, 3.05) is 0 Å². The van der Waals surface area contributed by atoms with Crippen LogP contribution in [0.15, 0.2) is 17.1 Å². The number of aromatic amines is 1. The van der Waals surface area contributed by atoms with Crippen LogP contribution >= 0.6 is 0 Å². The average molecular weight is 172 g/mol. The highest BCUT2D eigenvalue weighted by molar-refractivity contribution is 5.66. The zero-order valence-corrected chi connectivity index (χ0v) is 7.51. The van der Waals surface area contributed by atoms with Gasteiger partial charge in [0.2, 0.25) is 0 Å². The Kier molecular flexibility index (Phi) is 1.42. The molecule has 66 valence electrons. The van der Waals surface area contributed by atoms with E-state index in [0.717, 1.165) is 25.8 Å². The lowest BCUT2D eigenvalue weighted by atomic mass is 9.97. The molecule has 1 N–H and O–H groups in total. The van der Waals surface area contributed by atoms with Gasteiger partial charge in [0.1, 0.15) is 0 Å². The van der Waals surface area contributed by atoms with Crippen molar-refractivity contribution in [2.45, 2.75) is 25.8 Å². The van der Waals surface area contributed by atoms with Crippen molar-refractivity contribution in [1.82, 2.24) is 4.98 Å². The molecule has 2 heteroatoms. The molecule has 0 spiro atoms. The molecule has 0 atom stereocenters. The van der Waals surface area contributed by atoms with Crippen LogP contribution in [0.4, 0.5) is 0 Å². The molecule has 2 aliphatic rings. The molecule has 1 aromatic rings. The number of H-pyrrole nitrogens is 1. The first kappa shape index (κ1) is 7.13. The standard InChI is InChI=1S/C11H12N2/c1-2-4-10-8(3-1)9-5-6-12-7-11(9)13-10/h1-2,6,13H,3-5,7H2. The normalized spacial score (nSPS) is 18.5. The lowest BCUT2D eigenvalue weighted by molar-refractivity contribution is 0.950. The summed E-state index contributed by atoms with van der Waals surface area (Å²) in [5, 5.41) is 0. The van der Waals surface area contributed by atoms with Crippen LogP contribution < -0.4 is 0 Å². The van der Waals surface area contributed by atoms with E-state index in [1.165, 1.54) is 22.5 Å². The van der Waals surface area contributed by atoms with Gasteiger partial charge in [0.15, 0.2) is 0 Å². The minimum Gasteiger partial charge on any atom is -0.360 e. The van der Waals surface area contributed by atoms with Gasteiger partial charge in [-0.25, -0.2) is 0 Å². The summed E-state index contributed by atoms with van der Waals surface area (Å²) in [6.07, 6.45) is 9.74. The number of hydrogen-bond acceptors (Lipinski definition) is 1. The number of hydrogen-bond donors (Lipinski definition) is 1. The second-order valence-electron chi connectivity index (χ2n) is 3.65. The number of aromatic nitrogens is 1. The van der Waals surface area contributed by atoms with E-state index in [1.54, 1.807) is 0 Å². The van der Waals surface area contributed by atoms with Crippen molar-refractivity contribution < 1.29 is 0 Å². The second kappa shape index (κ2) is 2.59. The van der Waals surface area contributed by atoms with Gasteiger partial charge in [0, 0.05) is 30.4 Å². The third-order valence-electron chi connectivity index (χ3n) is 2.88. The van der Waals surface area contributed by atoms with E-state index in [1.807, 2.05) is 6.21 Å². The van der Waals surface area contributed by atoms with Crippen LogP contribution in [0.2, 0.25) is 0 Å². The molecule has 0 aromatic carbocycles. The van der Waals surface area contributed by atoms with Crippen molar-refractivity contribution >= 4 is 6.21 Å². The zero-order chi connectivity index (χ0) is 8.67. The Hall–Kier alpha value is -1.31. The van der Waals surface area contributed by atoms with E-state index in [4.69, 9.17) is 0 Å². The third kappa shape index (κ3) is 0.981. The quantitative estimate of drug-likeness (QED) is 0.578. The third-order valence-corrected chi connectivity index (χ3v) is 2.88. The lowest BCUT2D eigenvalue weighted by Crippen LogP contribution is -2.01. The largest absolute Gasteiger partial charge is 0.360 e. The van der Waals surface area contributed by atoms with Gasteiger partial charge < -0.3 is 4.98 Å². The van der Waals surface area contributed by atoms with Crippen molar-refractivity contribution in [1.29, 1.82) is 0 Å². The van der Waals surface area contributed by atoms with Crippen molar-refractivity contribution in [3.63, 3.8) is 0 Å². The first-order valence-electron chi connectivity index (χ1n) is 4.80. The molecule has 1 aliphatic heterocycles. The summed E-state index contributed by atoms with van der Waals surface area (Å²) in [6.45, 7) is 0.850. The Morgan fingerprint density at radius 1 is 1.00 bits per heavy atom. The van der Waals surface area contributed by atoms with Crippen LogP contribution in [-0.4, -0.2) is 11.2 Å². The summed E-state index contributed by atoms with van der Waals surface area (Å²) < 4.78 is 0. The van der Waals surface area contributed by atoms with E-state index >= 15 is 0 Å². The maximum absolute atomic E-state index is 4.29. The van der Waals surface area contributed by atoms with Crippen molar-refractivity contribution in [2.24, 2.45) is 4.99 Å². The highest BCUT2D eigenvalue weighted by atomic mass is 14.8. The van der Waals surface area contributed by atoms with Gasteiger partial charge in [0.05, 0.1) is 6.54 Å². The minimum atomic E-state index is 0.850. The monoisotopic (exact) mass is 172 g/mol. The van der Waals surface area contributed by atoms with Gasteiger partial charge in [-0.15, -0.1) is 0 Å². The molecule has 0 saturated carbocycles. The predicted octanol–water partition coefficient (Wildman–Crippen LogP) is 1.80. The highest BCUT2D eigenvalue weighted by Crippen LogP contribution is 2.26. The summed E-state index contributed by atoms with van der Waals surface area (Å²) in [7, 11) is 0. The van der Waals surface area contributed by atoms with Gasteiger partial charge in [-0.05, 0) is 17.5 Å². The van der Waals surface area contributed by atoms with Crippen LogP contribution in [0.3, 0.4) is 0 Å². The number of rotatable bonds is 0. The van der Waals surface area contributed by atoms with E-state index in [2.05, 4.69) is 22.1 Å². The van der Waals surface area contributed by atoms with Gasteiger partial charge in [-0.1, -0.05) is 12.2 Å². The van der Waals surface area contributed by atoms with Crippen LogP contribution in [0.5, 0.6) is 0 Å². The maximum Gasteiger partial charge on any atom is 0.0788 e. The average Bonchev–Trinajstić information content (AvgIpc) is 2.56. The fourth-order valence-electron chi connectivity index (χ4n) is 2.21. The number of nitrogens with zero attached hydrogens (tertiary/aromatic N) is 1. The van der Waals surface area contributed by atoms with E-state index < -0.39 is 0 Å². The Morgan fingerprint density at radius 3 is 2.85 bits per heavy atom. The lowest BCUT2D eigenvalue weighted by Gasteiger charge is -2.08. The van der Waals surface area contributed by atoms with Gasteiger partial charge in [0.25, 0.3) is 0 Å². The van der Waals surface area contributed by atoms with Crippen molar-refractivity contribution in [3.05, 3.63) is 34.7 Å². The molecule has 3 rings (SSSR count). The van der Waals surface area contributed by atoms with Gasteiger partial charge >= 0.3 is 0 Å². The highest BCUT2D eigenvalue weighted by Gasteiger charge is 2.18. The number of nitrogens with one attached hydrogen (secondary N) is 1. The Bertz CT molecular complexity index is 360. The summed E-state index contributed by atoms with van der Waals surface area (Å²) in [5.74, 6) is 0. The van der Waals surface area contributed by atoms with Gasteiger partial charge in [-0.3, -0.25) is 4.99 Å². The fourth-order valence-corrected chi connectivity index (χ4v) is 2.21. The summed E-state index contributed by atoms with van der Waals surface area (Å²) in [6, 6.07) is 0. The van der Waals surface area contributed by atoms with E-state index in [9.17, 15) is 0 Å². The molecule has 1 aromatic heterocycles. The molecule has 0 saturated heterocycles. The van der Waals surface area contributed by atoms with E-state index in [-0.39, 0.29) is 0 Å². The molecule has 0 unspecified atom stereocenters. The molecular weight excluding hydrogens is 160 g/mol. The molecule has 0 amide bonds. The minimum absolute atomic E-state index is 0.850. The van der Waals surface area contributed by atoms with E-state index in [0.29, 0.717) is 0 Å². The van der Waals surface area contributed by atoms with Crippen LogP contribution in [0.1, 0.15) is 22.5 Å². The summed E-state index contributed by atoms with van der Waals surface area (Å²) >= 11 is 0. The Balaban J connectivity index is 2.14. The molecule has 0 bridgehead atoms. The first-order chi connectivity index (χ1) is 6.45. The molecular formula is C11H12N2. The van der Waals surface area contributed by atoms with Gasteiger partial charge in [-0.2, -0.15) is 0 Å².